The molecular weight excluding hydrogens is 190 g/mol. The van der Waals surface area contributed by atoms with Crippen LogP contribution in [0.3, 0.4) is 0 Å². The van der Waals surface area contributed by atoms with Crippen molar-refractivity contribution >= 4 is 0 Å². The smallest absolute Gasteiger partial charge is 0.0886 e. The first-order valence-corrected chi connectivity index (χ1v) is 4.80. The monoisotopic (exact) mass is 203 g/mol. The number of aliphatic hydroxyl groups is 1. The Bertz CT molecular complexity index is 476. The average Bonchev–Trinajstić information content (AvgIpc) is 2.57. The summed E-state index contributed by atoms with van der Waals surface area (Å²) in [7, 11) is 0. The molecule has 0 aliphatic heterocycles. The minimum atomic E-state index is -0.00377. The predicted molar refractivity (Wildman–Crippen MR) is 56.8 cm³/mol. The molecule has 2 rings (SSSR count). The van der Waals surface area contributed by atoms with Crippen LogP contribution in [0.1, 0.15) is 17.0 Å². The van der Waals surface area contributed by atoms with Crippen LogP contribution in [0.2, 0.25) is 0 Å². The molecule has 4 nitrogen and oxygen atoms in total. The molecule has 78 valence electrons. The summed E-state index contributed by atoms with van der Waals surface area (Å²) >= 11 is 0. The van der Waals surface area contributed by atoms with E-state index in [4.69, 9.17) is 0 Å². The maximum Gasteiger partial charge on any atom is 0.0886 e. The highest BCUT2D eigenvalue weighted by Gasteiger charge is 2.07. The molecule has 0 bridgehead atoms. The Morgan fingerprint density at radius 1 is 1.40 bits per heavy atom. The summed E-state index contributed by atoms with van der Waals surface area (Å²) < 4.78 is 1.80. The van der Waals surface area contributed by atoms with Crippen LogP contribution in [0.25, 0.3) is 5.69 Å². The zero-order valence-electron chi connectivity index (χ0n) is 8.81. The van der Waals surface area contributed by atoms with E-state index in [1.165, 1.54) is 0 Å². The van der Waals surface area contributed by atoms with E-state index >= 15 is 0 Å². The molecule has 1 N–H and O–H groups in total. The van der Waals surface area contributed by atoms with Crippen molar-refractivity contribution in [3.8, 4) is 5.69 Å². The third-order valence-corrected chi connectivity index (χ3v) is 2.30. The Hall–Kier alpha value is -1.68. The second kappa shape index (κ2) is 3.82. The molecule has 0 aromatic carbocycles. The van der Waals surface area contributed by atoms with Gasteiger partial charge < -0.3 is 5.11 Å². The van der Waals surface area contributed by atoms with Crippen LogP contribution in [0.4, 0.5) is 0 Å². The van der Waals surface area contributed by atoms with E-state index in [1.54, 1.807) is 23.1 Å². The fraction of sp³-hybridized carbons (Fsp3) is 0.273. The second-order valence-electron chi connectivity index (χ2n) is 3.50. The molecule has 0 aliphatic carbocycles. The molecule has 0 aliphatic rings. The number of nitrogens with zero attached hydrogens (tertiary/aromatic N) is 3. The maximum atomic E-state index is 9.21. The first-order valence-electron chi connectivity index (χ1n) is 4.80. The molecule has 0 spiro atoms. The zero-order chi connectivity index (χ0) is 10.8. The molecule has 2 aromatic rings. The van der Waals surface area contributed by atoms with Gasteiger partial charge in [-0.1, -0.05) is 0 Å². The van der Waals surface area contributed by atoms with E-state index in [-0.39, 0.29) is 6.61 Å². The Morgan fingerprint density at radius 2 is 2.20 bits per heavy atom. The van der Waals surface area contributed by atoms with E-state index in [0.29, 0.717) is 0 Å². The van der Waals surface area contributed by atoms with Gasteiger partial charge in [0.2, 0.25) is 0 Å². The van der Waals surface area contributed by atoms with Crippen molar-refractivity contribution in [2.75, 3.05) is 0 Å². The van der Waals surface area contributed by atoms with Crippen molar-refractivity contribution in [3.63, 3.8) is 0 Å². The molecule has 2 aromatic heterocycles. The summed E-state index contributed by atoms with van der Waals surface area (Å²) in [6.45, 7) is 3.92. The Morgan fingerprint density at radius 3 is 2.80 bits per heavy atom. The summed E-state index contributed by atoms with van der Waals surface area (Å²) in [5.74, 6) is 0. The highest BCUT2D eigenvalue weighted by molar-refractivity contribution is 5.38. The lowest BCUT2D eigenvalue weighted by molar-refractivity contribution is 0.281. The molecule has 0 amide bonds. The Kier molecular flexibility index (Phi) is 2.51. The topological polar surface area (TPSA) is 50.9 Å². The molecule has 0 unspecified atom stereocenters. The molecule has 0 radical (unpaired) electrons. The third kappa shape index (κ3) is 1.76. The fourth-order valence-corrected chi connectivity index (χ4v) is 1.61. The summed E-state index contributed by atoms with van der Waals surface area (Å²) in [4.78, 5) is 4.05. The standard InChI is InChI=1S/C11H13N3O/c1-8-5-9(2)14(13-8)11-6-12-4-3-10(11)7-15/h3-6,15H,7H2,1-2H3. The molecule has 2 heterocycles. The summed E-state index contributed by atoms with van der Waals surface area (Å²) in [5.41, 5.74) is 3.66. The quantitative estimate of drug-likeness (QED) is 0.802. The molecule has 15 heavy (non-hydrogen) atoms. The van der Waals surface area contributed by atoms with E-state index in [9.17, 15) is 5.11 Å². The third-order valence-electron chi connectivity index (χ3n) is 2.30. The number of hydrogen-bond donors (Lipinski definition) is 1. The lowest BCUT2D eigenvalue weighted by atomic mass is 10.2. The van der Waals surface area contributed by atoms with Gasteiger partial charge in [0.1, 0.15) is 0 Å². The van der Waals surface area contributed by atoms with Gasteiger partial charge in [-0.2, -0.15) is 5.10 Å². The summed E-state index contributed by atoms with van der Waals surface area (Å²) in [6.07, 6.45) is 3.38. The van der Waals surface area contributed by atoms with Gasteiger partial charge in [0.15, 0.2) is 0 Å². The minimum absolute atomic E-state index is 0.00377. The molecule has 0 saturated heterocycles. The van der Waals surface area contributed by atoms with Crippen LogP contribution in [-0.2, 0) is 6.61 Å². The van der Waals surface area contributed by atoms with Crippen molar-refractivity contribution in [1.29, 1.82) is 0 Å². The van der Waals surface area contributed by atoms with Gasteiger partial charge in [-0.25, -0.2) is 4.68 Å². The van der Waals surface area contributed by atoms with Crippen molar-refractivity contribution in [1.82, 2.24) is 14.8 Å². The lowest BCUT2D eigenvalue weighted by Crippen LogP contribution is -2.04. The molecule has 0 atom stereocenters. The fourth-order valence-electron chi connectivity index (χ4n) is 1.61. The largest absolute Gasteiger partial charge is 0.392 e. The molecule has 0 saturated carbocycles. The number of hydrogen-bond acceptors (Lipinski definition) is 3. The van der Waals surface area contributed by atoms with Crippen molar-refractivity contribution in [2.45, 2.75) is 20.5 Å². The molecule has 0 fully saturated rings. The predicted octanol–water partition coefficient (Wildman–Crippen LogP) is 1.38. The molecular formula is C11H13N3O. The van der Waals surface area contributed by atoms with Crippen LogP contribution in [0.5, 0.6) is 0 Å². The summed E-state index contributed by atoms with van der Waals surface area (Å²) in [6, 6.07) is 3.79. The van der Waals surface area contributed by atoms with E-state index in [2.05, 4.69) is 10.1 Å². The number of aryl methyl sites for hydroxylation is 2. The van der Waals surface area contributed by atoms with Gasteiger partial charge in [-0.3, -0.25) is 4.98 Å². The maximum absolute atomic E-state index is 9.21. The van der Waals surface area contributed by atoms with Crippen LogP contribution < -0.4 is 0 Å². The first-order chi connectivity index (χ1) is 7.22. The van der Waals surface area contributed by atoms with E-state index in [1.807, 2.05) is 19.9 Å². The van der Waals surface area contributed by atoms with Crippen LogP contribution in [0.15, 0.2) is 24.5 Å². The highest BCUT2D eigenvalue weighted by Crippen LogP contribution is 2.15. The zero-order valence-corrected chi connectivity index (χ0v) is 8.81. The second-order valence-corrected chi connectivity index (χ2v) is 3.50. The van der Waals surface area contributed by atoms with Crippen LogP contribution in [0, 0.1) is 13.8 Å². The van der Waals surface area contributed by atoms with Crippen molar-refractivity contribution in [2.24, 2.45) is 0 Å². The molecule has 4 heteroatoms. The van der Waals surface area contributed by atoms with Gasteiger partial charge in [-0.05, 0) is 26.0 Å². The van der Waals surface area contributed by atoms with Crippen LogP contribution in [-0.4, -0.2) is 19.9 Å². The highest BCUT2D eigenvalue weighted by atomic mass is 16.3. The average molecular weight is 203 g/mol. The van der Waals surface area contributed by atoms with Crippen LogP contribution >= 0.6 is 0 Å². The normalized spacial score (nSPS) is 10.6. The number of rotatable bonds is 2. The van der Waals surface area contributed by atoms with Gasteiger partial charge in [0.25, 0.3) is 0 Å². The Balaban J connectivity index is 2.58. The van der Waals surface area contributed by atoms with Gasteiger partial charge in [0.05, 0.1) is 24.2 Å². The first kappa shape index (κ1) is 9.86. The van der Waals surface area contributed by atoms with E-state index in [0.717, 1.165) is 22.6 Å². The Labute approximate surface area is 88.2 Å². The van der Waals surface area contributed by atoms with Crippen molar-refractivity contribution in [3.05, 3.63) is 41.5 Å². The van der Waals surface area contributed by atoms with Gasteiger partial charge in [0, 0.05) is 17.5 Å². The van der Waals surface area contributed by atoms with Gasteiger partial charge >= 0.3 is 0 Å². The number of aliphatic hydroxyl groups excluding tert-OH is 1. The minimum Gasteiger partial charge on any atom is -0.392 e. The number of aromatic nitrogens is 3. The lowest BCUT2D eigenvalue weighted by Gasteiger charge is -2.07. The number of pyridine rings is 1. The summed E-state index contributed by atoms with van der Waals surface area (Å²) in [5, 5.41) is 13.6. The van der Waals surface area contributed by atoms with Crippen molar-refractivity contribution < 1.29 is 5.11 Å². The SMILES string of the molecule is Cc1cc(C)n(-c2cnccc2CO)n1. The van der Waals surface area contributed by atoms with Gasteiger partial charge in [-0.15, -0.1) is 0 Å². The van der Waals surface area contributed by atoms with E-state index < -0.39 is 0 Å².